The quantitative estimate of drug-likeness (QED) is 0.123. The molecule has 7 nitrogen and oxygen atoms in total. The Morgan fingerprint density at radius 3 is 2.00 bits per heavy atom. The van der Waals surface area contributed by atoms with E-state index in [0.29, 0.717) is 38.0 Å². The van der Waals surface area contributed by atoms with Crippen LogP contribution in [0, 0.1) is 5.92 Å². The fourth-order valence-corrected chi connectivity index (χ4v) is 6.59. The molecule has 1 saturated carbocycles. The van der Waals surface area contributed by atoms with Gasteiger partial charge in [0.25, 0.3) is 0 Å². The first-order valence-electron chi connectivity index (χ1n) is 13.6. The number of rotatable bonds is 21. The lowest BCUT2D eigenvalue weighted by atomic mass is 9.84. The summed E-state index contributed by atoms with van der Waals surface area (Å²) >= 11 is 0. The molecule has 1 aliphatic rings. The number of carbonyl (C=O) groups excluding carboxylic acids is 1. The first-order valence-corrected chi connectivity index (χ1v) is 15.5. The van der Waals surface area contributed by atoms with Gasteiger partial charge in [-0.25, -0.2) is 0 Å². The van der Waals surface area contributed by atoms with Gasteiger partial charge in [0.1, 0.15) is 6.10 Å². The SMILES string of the molecule is CCCCCCCCCCCCOCCC(=O)OC1CCC(CC[Si](OC)(OC)OC)CC1O. The minimum atomic E-state index is -2.59. The van der Waals surface area contributed by atoms with Crippen LogP contribution in [0.5, 0.6) is 0 Å². The summed E-state index contributed by atoms with van der Waals surface area (Å²) < 4.78 is 27.6. The van der Waals surface area contributed by atoms with Crippen molar-refractivity contribution in [2.75, 3.05) is 34.5 Å². The first kappa shape index (κ1) is 31.5. The number of ether oxygens (including phenoxy) is 2. The van der Waals surface area contributed by atoms with Crippen LogP contribution in [-0.2, 0) is 27.5 Å². The van der Waals surface area contributed by atoms with Gasteiger partial charge in [-0.1, -0.05) is 64.7 Å². The van der Waals surface area contributed by atoms with Gasteiger partial charge in [0, 0.05) is 34.0 Å². The van der Waals surface area contributed by atoms with Gasteiger partial charge in [-0.3, -0.25) is 4.79 Å². The van der Waals surface area contributed by atoms with E-state index in [9.17, 15) is 9.90 Å². The Morgan fingerprint density at radius 2 is 1.44 bits per heavy atom. The average molecular weight is 505 g/mol. The van der Waals surface area contributed by atoms with Crippen LogP contribution < -0.4 is 0 Å². The van der Waals surface area contributed by atoms with E-state index in [1.54, 1.807) is 21.3 Å². The summed E-state index contributed by atoms with van der Waals surface area (Å²) in [5.74, 6) is 0.0665. The fourth-order valence-electron chi connectivity index (χ4n) is 4.72. The predicted molar refractivity (Wildman–Crippen MR) is 137 cm³/mol. The number of carbonyl (C=O) groups is 1. The van der Waals surface area contributed by atoms with Gasteiger partial charge in [-0.15, -0.1) is 0 Å². The highest BCUT2D eigenvalue weighted by Gasteiger charge is 2.39. The molecule has 0 bridgehead atoms. The second-order valence-corrected chi connectivity index (χ2v) is 12.7. The van der Waals surface area contributed by atoms with Gasteiger partial charge in [0.05, 0.1) is 19.1 Å². The molecule has 0 aromatic heterocycles. The van der Waals surface area contributed by atoms with Gasteiger partial charge < -0.3 is 27.9 Å². The van der Waals surface area contributed by atoms with Crippen molar-refractivity contribution in [3.8, 4) is 0 Å². The molecule has 1 rings (SSSR count). The van der Waals surface area contributed by atoms with E-state index in [1.807, 2.05) is 0 Å². The monoisotopic (exact) mass is 504 g/mol. The molecule has 3 unspecified atom stereocenters. The molecule has 202 valence electrons. The Labute approximate surface area is 209 Å². The van der Waals surface area contributed by atoms with Crippen molar-refractivity contribution in [3.05, 3.63) is 0 Å². The Balaban J connectivity index is 2.04. The number of aliphatic hydroxyl groups is 1. The molecule has 34 heavy (non-hydrogen) atoms. The van der Waals surface area contributed by atoms with Crippen LogP contribution >= 0.6 is 0 Å². The van der Waals surface area contributed by atoms with Gasteiger partial charge in [0.2, 0.25) is 0 Å². The van der Waals surface area contributed by atoms with E-state index in [2.05, 4.69) is 6.92 Å². The summed E-state index contributed by atoms with van der Waals surface area (Å²) in [6.07, 6.45) is 15.3. The molecule has 0 radical (unpaired) electrons. The highest BCUT2D eigenvalue weighted by molar-refractivity contribution is 6.60. The summed E-state index contributed by atoms with van der Waals surface area (Å²) in [7, 11) is 2.26. The van der Waals surface area contributed by atoms with Gasteiger partial charge in [-0.2, -0.15) is 0 Å². The van der Waals surface area contributed by atoms with Crippen molar-refractivity contribution in [1.82, 2.24) is 0 Å². The normalized spacial score (nSPS) is 21.0. The third-order valence-electron chi connectivity index (χ3n) is 7.03. The van der Waals surface area contributed by atoms with Crippen LogP contribution in [0.1, 0.15) is 103 Å². The zero-order valence-corrected chi connectivity index (χ0v) is 23.4. The highest BCUT2D eigenvalue weighted by atomic mass is 28.4. The smallest absolute Gasteiger partial charge is 0.460 e. The Kier molecular flexibility index (Phi) is 18.2. The molecule has 1 N–H and O–H groups in total. The van der Waals surface area contributed by atoms with E-state index in [4.69, 9.17) is 22.8 Å². The summed E-state index contributed by atoms with van der Waals surface area (Å²) in [6, 6.07) is 0.717. The molecule has 0 aromatic carbocycles. The Bertz CT molecular complexity index is 493. The zero-order chi connectivity index (χ0) is 25.1. The van der Waals surface area contributed by atoms with Crippen LogP contribution in [0.2, 0.25) is 6.04 Å². The molecular formula is C26H52O7Si. The molecule has 1 aliphatic carbocycles. The largest absolute Gasteiger partial charge is 0.500 e. The maximum Gasteiger partial charge on any atom is 0.500 e. The van der Waals surface area contributed by atoms with Crippen molar-refractivity contribution in [1.29, 1.82) is 0 Å². The van der Waals surface area contributed by atoms with E-state index in [1.165, 1.54) is 57.8 Å². The third-order valence-corrected chi connectivity index (χ3v) is 9.80. The lowest BCUT2D eigenvalue weighted by Gasteiger charge is -2.34. The molecule has 1 fully saturated rings. The molecule has 3 atom stereocenters. The third kappa shape index (κ3) is 13.5. The Morgan fingerprint density at radius 1 is 0.853 bits per heavy atom. The van der Waals surface area contributed by atoms with Crippen LogP contribution in [0.15, 0.2) is 0 Å². The number of aliphatic hydroxyl groups excluding tert-OH is 1. The average Bonchev–Trinajstić information content (AvgIpc) is 2.85. The maximum atomic E-state index is 12.2. The lowest BCUT2D eigenvalue weighted by molar-refractivity contribution is -0.160. The minimum Gasteiger partial charge on any atom is -0.460 e. The second-order valence-electron chi connectivity index (χ2n) is 9.65. The zero-order valence-electron chi connectivity index (χ0n) is 22.4. The maximum absolute atomic E-state index is 12.2. The summed E-state index contributed by atoms with van der Waals surface area (Å²) in [4.78, 5) is 12.2. The molecule has 8 heteroatoms. The number of esters is 1. The number of hydrogen-bond acceptors (Lipinski definition) is 7. The van der Waals surface area contributed by atoms with Crippen molar-refractivity contribution < 1.29 is 32.7 Å². The van der Waals surface area contributed by atoms with Crippen LogP contribution in [0.25, 0.3) is 0 Å². The number of hydrogen-bond donors (Lipinski definition) is 1. The van der Waals surface area contributed by atoms with Crippen LogP contribution in [-0.4, -0.2) is 66.6 Å². The molecule has 0 saturated heterocycles. The lowest BCUT2D eigenvalue weighted by Crippen LogP contribution is -2.44. The van der Waals surface area contributed by atoms with Crippen molar-refractivity contribution in [3.63, 3.8) is 0 Å². The fraction of sp³-hybridized carbons (Fsp3) is 0.962. The summed E-state index contributed by atoms with van der Waals surface area (Å²) in [5.41, 5.74) is 0. The summed E-state index contributed by atoms with van der Waals surface area (Å²) in [5, 5.41) is 10.5. The molecule has 0 aliphatic heterocycles. The predicted octanol–water partition coefficient (Wildman–Crippen LogP) is 5.66. The number of unbranched alkanes of at least 4 members (excludes halogenated alkanes) is 9. The van der Waals surface area contributed by atoms with E-state index in [0.717, 1.165) is 19.3 Å². The molecule has 0 spiro atoms. The van der Waals surface area contributed by atoms with Gasteiger partial charge >= 0.3 is 14.8 Å². The second kappa shape index (κ2) is 19.6. The van der Waals surface area contributed by atoms with E-state index in [-0.39, 0.29) is 12.4 Å². The first-order chi connectivity index (χ1) is 16.5. The van der Waals surface area contributed by atoms with Crippen molar-refractivity contribution in [2.45, 2.75) is 121 Å². The van der Waals surface area contributed by atoms with E-state index < -0.39 is 21.0 Å². The molecular weight excluding hydrogens is 452 g/mol. The molecule has 0 aromatic rings. The molecule has 0 amide bonds. The van der Waals surface area contributed by atoms with Crippen molar-refractivity contribution in [2.24, 2.45) is 5.92 Å². The van der Waals surface area contributed by atoms with Crippen molar-refractivity contribution >= 4 is 14.8 Å². The van der Waals surface area contributed by atoms with Crippen LogP contribution in [0.3, 0.4) is 0 Å². The highest BCUT2D eigenvalue weighted by Crippen LogP contribution is 2.32. The molecule has 0 heterocycles. The minimum absolute atomic E-state index is 0.244. The van der Waals surface area contributed by atoms with Gasteiger partial charge in [-0.05, 0) is 38.0 Å². The van der Waals surface area contributed by atoms with Crippen LogP contribution in [0.4, 0.5) is 0 Å². The summed E-state index contributed by atoms with van der Waals surface area (Å²) in [6.45, 7) is 3.34. The Hall–Kier alpha value is -0.513. The topological polar surface area (TPSA) is 83.5 Å². The standard InChI is InChI=1S/C26H52O7Si/c1-5-6-7-8-9-10-11-12-13-14-19-32-20-17-26(28)33-25-16-15-23(22-24(25)27)18-21-34(29-2,30-3)31-4/h23-25,27H,5-22H2,1-4H3. The van der Waals surface area contributed by atoms with Gasteiger partial charge in [0.15, 0.2) is 0 Å². The van der Waals surface area contributed by atoms with E-state index >= 15 is 0 Å².